The van der Waals surface area contributed by atoms with E-state index in [1.807, 2.05) is 0 Å². The number of rotatable bonds is 6. The Morgan fingerprint density at radius 2 is 1.95 bits per heavy atom. The van der Waals surface area contributed by atoms with Crippen molar-refractivity contribution in [3.05, 3.63) is 60.2 Å². The van der Waals surface area contributed by atoms with Gasteiger partial charge < -0.3 is 15.0 Å². The second-order valence-electron chi connectivity index (χ2n) is 11.2. The minimum atomic E-state index is -1.04. The van der Waals surface area contributed by atoms with Gasteiger partial charge in [-0.3, -0.25) is 14.7 Å². The largest absolute Gasteiger partial charge is 0.442 e. The van der Waals surface area contributed by atoms with Crippen molar-refractivity contribution in [3.8, 4) is 17.2 Å². The van der Waals surface area contributed by atoms with Crippen LogP contribution in [0.1, 0.15) is 12.1 Å². The highest BCUT2D eigenvalue weighted by molar-refractivity contribution is 5.90. The number of aromatic nitrogens is 4. The monoisotopic (exact) mass is 578 g/mol. The Bertz CT molecular complexity index is 1560. The molecule has 0 bridgehead atoms. The highest BCUT2D eigenvalue weighted by atomic mass is 19.1. The summed E-state index contributed by atoms with van der Waals surface area (Å²) >= 11 is 0. The van der Waals surface area contributed by atoms with Crippen LogP contribution >= 0.6 is 0 Å². The van der Waals surface area contributed by atoms with Crippen LogP contribution < -0.4 is 10.2 Å². The minimum Gasteiger partial charge on any atom is -0.442 e. The molecule has 1 aliphatic carbocycles. The summed E-state index contributed by atoms with van der Waals surface area (Å²) < 4.78 is 50.9. The maximum absolute atomic E-state index is 15.3. The number of fused-ring (bicyclic) bond motifs is 1. The molecule has 0 radical (unpaired) electrons. The average molecular weight is 579 g/mol. The quantitative estimate of drug-likeness (QED) is 0.472. The maximum Gasteiger partial charge on any atom is 0.414 e. The van der Waals surface area contributed by atoms with Gasteiger partial charge in [0.2, 0.25) is 5.91 Å². The Morgan fingerprint density at radius 1 is 1.19 bits per heavy atom. The number of hydrogen-bond acceptors (Lipinski definition) is 8. The summed E-state index contributed by atoms with van der Waals surface area (Å²) in [6.07, 6.45) is 2.26. The van der Waals surface area contributed by atoms with Crippen LogP contribution in [0.5, 0.6) is 0 Å². The van der Waals surface area contributed by atoms with Crippen LogP contribution in [0.3, 0.4) is 0 Å². The average Bonchev–Trinajstić information content (AvgIpc) is 3.62. The number of nitrogens with one attached hydrogen (secondary N) is 1. The summed E-state index contributed by atoms with van der Waals surface area (Å²) in [5, 5.41) is 20.5. The predicted octanol–water partition coefficient (Wildman–Crippen LogP) is 2.19. The molecule has 0 spiro atoms. The van der Waals surface area contributed by atoms with Crippen molar-refractivity contribution < 1.29 is 27.5 Å². The third kappa shape index (κ3) is 4.18. The minimum absolute atomic E-state index is 0.0209. The zero-order chi connectivity index (χ0) is 29.2. The van der Waals surface area contributed by atoms with E-state index >= 15 is 8.78 Å². The molecule has 4 aliphatic rings. The van der Waals surface area contributed by atoms with E-state index in [0.29, 0.717) is 18.8 Å². The molecule has 11 nitrogen and oxygen atoms in total. The van der Waals surface area contributed by atoms with Gasteiger partial charge in [0.25, 0.3) is 0 Å². The first-order valence-electron chi connectivity index (χ1n) is 13.6. The van der Waals surface area contributed by atoms with Gasteiger partial charge in [-0.1, -0.05) is 11.3 Å². The Morgan fingerprint density at radius 3 is 2.55 bits per heavy atom. The van der Waals surface area contributed by atoms with Gasteiger partial charge in [-0.25, -0.2) is 22.6 Å². The Balaban J connectivity index is 1.05. The fraction of sp³-hybridized carbons (Fsp3) is 0.429. The first-order chi connectivity index (χ1) is 20.3. The summed E-state index contributed by atoms with van der Waals surface area (Å²) in [7, 11) is 0. The second-order valence-corrected chi connectivity index (χ2v) is 11.2. The van der Waals surface area contributed by atoms with Gasteiger partial charge in [0.15, 0.2) is 0 Å². The molecule has 14 heteroatoms. The van der Waals surface area contributed by atoms with E-state index in [9.17, 15) is 19.2 Å². The van der Waals surface area contributed by atoms with Crippen LogP contribution in [0.15, 0.2) is 42.9 Å². The SMILES string of the molecule is N#CC1(c2ccc(-c3c(F)cc(N4C[C@H](Cn5ccnn5)OC4=O)cc3F)cn2)C2CN(C(=O)[C@@H]3C[C@H](F)CN3)CC21. The molecule has 1 N–H and O–H groups in total. The molecule has 5 heterocycles. The molecule has 2 aromatic heterocycles. The van der Waals surface area contributed by atoms with Crippen LogP contribution in [0.4, 0.5) is 23.7 Å². The number of halogens is 3. The van der Waals surface area contributed by atoms with E-state index in [2.05, 4.69) is 26.7 Å². The van der Waals surface area contributed by atoms with Crippen LogP contribution in [-0.2, 0) is 21.5 Å². The topological polar surface area (TPSA) is 129 Å². The van der Waals surface area contributed by atoms with Crippen LogP contribution in [0, 0.1) is 34.8 Å². The molecule has 1 saturated carbocycles. The highest BCUT2D eigenvalue weighted by Crippen LogP contribution is 2.63. The number of cyclic esters (lactones) is 1. The second kappa shape index (κ2) is 9.80. The van der Waals surface area contributed by atoms with Gasteiger partial charge >= 0.3 is 6.09 Å². The normalized spacial score (nSPS) is 29.9. The standard InChI is InChI=1S/C28H25F3N8O3/c29-16-5-23(33-9-16)26(40)37-12-19-20(13-37)28(19,14-32)24-2-1-15(8-34-24)25-21(30)6-17(7-22(25)31)39-11-18(42-27(39)41)10-38-4-3-35-36-38/h1-4,6-8,16,18-20,23,33H,5,9-13H2/t16-,18-,19?,20?,23-,28?/m0/s1. The molecule has 1 aromatic carbocycles. The van der Waals surface area contributed by atoms with E-state index < -0.39 is 41.5 Å². The number of benzene rings is 1. The molecule has 4 fully saturated rings. The third-order valence-corrected chi connectivity index (χ3v) is 8.80. The molecule has 5 atom stereocenters. The summed E-state index contributed by atoms with van der Waals surface area (Å²) in [5.41, 5.74) is -0.515. The van der Waals surface area contributed by atoms with Crippen molar-refractivity contribution in [1.82, 2.24) is 30.2 Å². The molecular formula is C28H25F3N8O3. The van der Waals surface area contributed by atoms with Gasteiger partial charge in [-0.2, -0.15) is 5.26 Å². The number of carbonyl (C=O) groups is 2. The number of carbonyl (C=O) groups excluding carboxylic acids is 2. The highest BCUT2D eigenvalue weighted by Gasteiger charge is 2.71. The summed E-state index contributed by atoms with van der Waals surface area (Å²) in [4.78, 5) is 32.4. The van der Waals surface area contributed by atoms with E-state index in [4.69, 9.17) is 4.74 Å². The molecule has 216 valence electrons. The van der Waals surface area contributed by atoms with Gasteiger partial charge in [-0.05, 0) is 18.2 Å². The fourth-order valence-corrected chi connectivity index (χ4v) is 6.66. The molecule has 3 aromatic rings. The molecule has 42 heavy (non-hydrogen) atoms. The number of pyridine rings is 1. The number of nitriles is 1. The smallest absolute Gasteiger partial charge is 0.414 e. The first kappa shape index (κ1) is 26.4. The number of alkyl halides is 1. The lowest BCUT2D eigenvalue weighted by molar-refractivity contribution is -0.132. The lowest BCUT2D eigenvalue weighted by Gasteiger charge is -2.25. The molecule has 2 amide bonds. The number of likely N-dealkylation sites (tertiary alicyclic amines) is 1. The number of ether oxygens (including phenoxy) is 1. The zero-order valence-corrected chi connectivity index (χ0v) is 22.2. The van der Waals surface area contributed by atoms with Gasteiger partial charge in [0.05, 0.1) is 48.3 Å². The Kier molecular flexibility index (Phi) is 6.16. The number of amides is 2. The van der Waals surface area contributed by atoms with Gasteiger partial charge in [-0.15, -0.1) is 5.10 Å². The molecule has 3 saturated heterocycles. The summed E-state index contributed by atoms with van der Waals surface area (Å²) in [5.74, 6) is -2.15. The van der Waals surface area contributed by atoms with E-state index in [0.717, 1.165) is 17.0 Å². The number of piperidine rings is 1. The number of anilines is 1. The number of nitrogens with zero attached hydrogens (tertiary/aromatic N) is 7. The van der Waals surface area contributed by atoms with Crippen molar-refractivity contribution in [3.63, 3.8) is 0 Å². The van der Waals surface area contributed by atoms with Gasteiger partial charge in [0, 0.05) is 55.8 Å². The molecule has 2 unspecified atom stereocenters. The van der Waals surface area contributed by atoms with Crippen molar-refractivity contribution in [1.29, 1.82) is 5.26 Å². The van der Waals surface area contributed by atoms with Crippen molar-refractivity contribution in [2.24, 2.45) is 11.8 Å². The third-order valence-electron chi connectivity index (χ3n) is 8.80. The van der Waals surface area contributed by atoms with Crippen LogP contribution in [0.25, 0.3) is 11.1 Å². The summed E-state index contributed by atoms with van der Waals surface area (Å²) in [6, 6.07) is 7.08. The Labute approximate surface area is 237 Å². The lowest BCUT2D eigenvalue weighted by atomic mass is 9.95. The lowest BCUT2D eigenvalue weighted by Crippen LogP contribution is -2.44. The fourth-order valence-electron chi connectivity index (χ4n) is 6.66. The van der Waals surface area contributed by atoms with Crippen molar-refractivity contribution in [2.75, 3.05) is 31.1 Å². The predicted molar refractivity (Wildman–Crippen MR) is 139 cm³/mol. The van der Waals surface area contributed by atoms with E-state index in [-0.39, 0.29) is 60.6 Å². The van der Waals surface area contributed by atoms with Crippen molar-refractivity contribution >= 4 is 17.7 Å². The van der Waals surface area contributed by atoms with Crippen LogP contribution in [-0.4, -0.2) is 81.4 Å². The maximum atomic E-state index is 15.3. The Hall–Kier alpha value is -4.51. The van der Waals surface area contributed by atoms with Crippen molar-refractivity contribution in [2.45, 2.75) is 36.7 Å². The number of hydrogen-bond donors (Lipinski definition) is 1. The van der Waals surface area contributed by atoms with E-state index in [1.54, 1.807) is 17.2 Å². The molecule has 3 aliphatic heterocycles. The van der Waals surface area contributed by atoms with E-state index in [1.165, 1.54) is 23.1 Å². The molecular weight excluding hydrogens is 553 g/mol. The first-order valence-corrected chi connectivity index (χ1v) is 13.6. The van der Waals surface area contributed by atoms with Gasteiger partial charge in [0.1, 0.15) is 29.3 Å². The zero-order valence-electron chi connectivity index (χ0n) is 22.2. The molecule has 7 rings (SSSR count). The van der Waals surface area contributed by atoms with Crippen LogP contribution in [0.2, 0.25) is 0 Å². The summed E-state index contributed by atoms with van der Waals surface area (Å²) in [6.45, 7) is 1.25.